The molecule has 1 unspecified atom stereocenters. The van der Waals surface area contributed by atoms with E-state index in [0.29, 0.717) is 23.5 Å². The maximum atomic E-state index is 12.1. The third-order valence-electron chi connectivity index (χ3n) is 5.09. The summed E-state index contributed by atoms with van der Waals surface area (Å²) in [5, 5.41) is 34.0. The van der Waals surface area contributed by atoms with Gasteiger partial charge < -0.3 is 20.2 Å². The number of benzene rings is 1. The molecule has 31 heavy (non-hydrogen) atoms. The first-order valence-corrected chi connectivity index (χ1v) is 9.64. The van der Waals surface area contributed by atoms with E-state index in [0.717, 1.165) is 5.69 Å². The van der Waals surface area contributed by atoms with E-state index in [-0.39, 0.29) is 17.9 Å². The van der Waals surface area contributed by atoms with E-state index >= 15 is 0 Å². The van der Waals surface area contributed by atoms with E-state index < -0.39 is 17.8 Å². The Bertz CT molecular complexity index is 1210. The van der Waals surface area contributed by atoms with Gasteiger partial charge in [0.05, 0.1) is 0 Å². The average molecular weight is 419 g/mol. The van der Waals surface area contributed by atoms with E-state index in [1.165, 1.54) is 11.0 Å². The molecule has 0 saturated carbocycles. The van der Waals surface area contributed by atoms with Crippen LogP contribution in [0.1, 0.15) is 29.7 Å². The molecule has 3 aromatic rings. The Morgan fingerprint density at radius 1 is 1.19 bits per heavy atom. The van der Waals surface area contributed by atoms with Crippen molar-refractivity contribution < 1.29 is 20.1 Å². The molecule has 1 saturated heterocycles. The molecule has 1 aromatic carbocycles. The Labute approximate surface area is 178 Å². The first-order chi connectivity index (χ1) is 14.8. The van der Waals surface area contributed by atoms with Crippen LogP contribution in [0.5, 0.6) is 0 Å². The van der Waals surface area contributed by atoms with E-state index in [9.17, 15) is 20.1 Å². The van der Waals surface area contributed by atoms with Crippen molar-refractivity contribution in [1.29, 1.82) is 0 Å². The fourth-order valence-electron chi connectivity index (χ4n) is 3.31. The Kier molecular flexibility index (Phi) is 5.29. The lowest BCUT2D eigenvalue weighted by Gasteiger charge is -2.13. The number of likely N-dealkylation sites (N-methyl/N-ethyl adjacent to an activating group) is 1. The van der Waals surface area contributed by atoms with Crippen molar-refractivity contribution in [2.75, 3.05) is 13.6 Å². The molecule has 4 rings (SSSR count). The molecule has 3 N–H and O–H groups in total. The normalized spacial score (nSPS) is 18.4. The summed E-state index contributed by atoms with van der Waals surface area (Å²) in [5.41, 5.74) is 0.306. The van der Waals surface area contributed by atoms with Crippen molar-refractivity contribution in [2.24, 2.45) is 0 Å². The van der Waals surface area contributed by atoms with Crippen molar-refractivity contribution in [3.63, 3.8) is 0 Å². The minimum Gasteiger partial charge on any atom is -0.369 e. The van der Waals surface area contributed by atoms with Crippen LogP contribution in [0.4, 0.5) is 0 Å². The minimum absolute atomic E-state index is 0.0280. The Hall–Kier alpha value is -3.58. The van der Waals surface area contributed by atoms with Crippen LogP contribution in [0, 0.1) is 18.8 Å². The summed E-state index contributed by atoms with van der Waals surface area (Å²) in [6.45, 7) is 2.30. The maximum Gasteiger partial charge on any atom is 0.267 e. The Morgan fingerprint density at radius 3 is 2.65 bits per heavy atom. The summed E-state index contributed by atoms with van der Waals surface area (Å²) in [4.78, 5) is 22.3. The molecule has 158 valence electrons. The lowest BCUT2D eigenvalue weighted by Crippen LogP contribution is -2.37. The number of carbonyl (C=O) groups excluding carboxylic acids is 1. The number of hydrogen-bond acceptors (Lipinski definition) is 7. The van der Waals surface area contributed by atoms with Gasteiger partial charge in [-0.05, 0) is 25.1 Å². The molecule has 0 bridgehead atoms. The molecular weight excluding hydrogens is 398 g/mol. The quantitative estimate of drug-likeness (QED) is 0.419. The van der Waals surface area contributed by atoms with Gasteiger partial charge in [0.1, 0.15) is 5.69 Å². The molecule has 1 aliphatic rings. The van der Waals surface area contributed by atoms with E-state index in [4.69, 9.17) is 0 Å². The zero-order valence-electron chi connectivity index (χ0n) is 17.0. The number of rotatable bonds is 3. The average Bonchev–Trinajstić information content (AvgIpc) is 3.31. The molecule has 0 spiro atoms. The number of aliphatic hydroxyl groups is 3. The molecular formula is C22H21N5O4. The van der Waals surface area contributed by atoms with Gasteiger partial charge in [0.2, 0.25) is 5.60 Å². The maximum absolute atomic E-state index is 12.1. The summed E-state index contributed by atoms with van der Waals surface area (Å²) in [6, 6.07) is 10.2. The van der Waals surface area contributed by atoms with Crippen molar-refractivity contribution in [2.45, 2.75) is 25.2 Å². The summed E-state index contributed by atoms with van der Waals surface area (Å²) in [6.07, 6.45) is 0.0923. The molecule has 9 nitrogen and oxygen atoms in total. The Morgan fingerprint density at radius 2 is 2.00 bits per heavy atom. The smallest absolute Gasteiger partial charge is 0.267 e. The van der Waals surface area contributed by atoms with Gasteiger partial charge in [0, 0.05) is 49.1 Å². The first kappa shape index (κ1) is 20.7. The highest BCUT2D eigenvalue weighted by Crippen LogP contribution is 2.23. The van der Waals surface area contributed by atoms with Gasteiger partial charge in [-0.25, -0.2) is 14.6 Å². The predicted octanol–water partition coefficient (Wildman–Crippen LogP) is 0.566. The number of amides is 1. The van der Waals surface area contributed by atoms with Crippen molar-refractivity contribution in [1.82, 2.24) is 24.6 Å². The highest BCUT2D eigenvalue weighted by atomic mass is 16.5. The van der Waals surface area contributed by atoms with Crippen LogP contribution in [0.25, 0.3) is 17.2 Å². The number of aryl methyl sites for hydroxylation is 1. The van der Waals surface area contributed by atoms with Gasteiger partial charge in [-0.2, -0.15) is 5.10 Å². The van der Waals surface area contributed by atoms with Gasteiger partial charge in [-0.1, -0.05) is 24.0 Å². The van der Waals surface area contributed by atoms with Crippen molar-refractivity contribution >= 4 is 5.91 Å². The van der Waals surface area contributed by atoms with E-state index in [2.05, 4.69) is 26.9 Å². The van der Waals surface area contributed by atoms with Gasteiger partial charge in [0.15, 0.2) is 17.9 Å². The summed E-state index contributed by atoms with van der Waals surface area (Å²) in [5.74, 6) is 5.78. The van der Waals surface area contributed by atoms with Crippen LogP contribution in [0.3, 0.4) is 0 Å². The number of aromatic nitrogens is 4. The highest BCUT2D eigenvalue weighted by molar-refractivity contribution is 5.90. The Balaban J connectivity index is 1.73. The van der Waals surface area contributed by atoms with Crippen LogP contribution < -0.4 is 0 Å². The number of likely N-dealkylation sites (tertiary alicyclic amines) is 1. The fraction of sp³-hybridized carbons (Fsp3) is 0.273. The standard InChI is InChI=1S/C22H21N5O4/c1-14-7-10-23-27(14)18-13-17(20(28)29)24-19(25-18)16-5-3-4-15(12-16)6-8-22(31)9-11-26(2)21(22)30/h3-5,7,10,12-13,20,28-29,31H,9,11H2,1-2H3. The second kappa shape index (κ2) is 7.92. The van der Waals surface area contributed by atoms with Crippen molar-refractivity contribution in [3.8, 4) is 29.0 Å². The van der Waals surface area contributed by atoms with Crippen LogP contribution >= 0.6 is 0 Å². The largest absolute Gasteiger partial charge is 0.369 e. The minimum atomic E-state index is -1.78. The number of nitrogens with zero attached hydrogens (tertiary/aromatic N) is 5. The molecule has 1 fully saturated rings. The third-order valence-corrected chi connectivity index (χ3v) is 5.09. The second-order valence-electron chi connectivity index (χ2n) is 7.40. The van der Waals surface area contributed by atoms with Crippen LogP contribution in [-0.4, -0.2) is 65.1 Å². The van der Waals surface area contributed by atoms with Crippen LogP contribution in [0.15, 0.2) is 42.6 Å². The number of hydrogen-bond donors (Lipinski definition) is 3. The molecule has 3 heterocycles. The zero-order chi connectivity index (χ0) is 22.2. The molecule has 1 amide bonds. The summed E-state index contributed by atoms with van der Waals surface area (Å²) < 4.78 is 1.57. The first-order valence-electron chi connectivity index (χ1n) is 9.64. The highest BCUT2D eigenvalue weighted by Gasteiger charge is 2.42. The van der Waals surface area contributed by atoms with Gasteiger partial charge in [0.25, 0.3) is 5.91 Å². The summed E-state index contributed by atoms with van der Waals surface area (Å²) >= 11 is 0. The number of aliphatic hydroxyl groups excluding tert-OH is 1. The third kappa shape index (κ3) is 4.04. The van der Waals surface area contributed by atoms with Gasteiger partial charge >= 0.3 is 0 Å². The van der Waals surface area contributed by atoms with Crippen molar-refractivity contribution in [3.05, 3.63) is 59.5 Å². The second-order valence-corrected chi connectivity index (χ2v) is 7.40. The van der Waals surface area contributed by atoms with E-state index in [1.807, 2.05) is 6.92 Å². The zero-order valence-corrected chi connectivity index (χ0v) is 17.0. The van der Waals surface area contributed by atoms with Gasteiger partial charge in [-0.15, -0.1) is 0 Å². The topological polar surface area (TPSA) is 125 Å². The molecule has 0 radical (unpaired) electrons. The molecule has 1 aliphatic heterocycles. The van der Waals surface area contributed by atoms with E-state index in [1.54, 1.807) is 48.3 Å². The molecule has 2 aromatic heterocycles. The number of carbonyl (C=O) groups is 1. The van der Waals surface area contributed by atoms with Crippen LogP contribution in [0.2, 0.25) is 0 Å². The summed E-state index contributed by atoms with van der Waals surface area (Å²) in [7, 11) is 1.63. The fourth-order valence-corrected chi connectivity index (χ4v) is 3.31. The van der Waals surface area contributed by atoms with Crippen LogP contribution in [-0.2, 0) is 4.79 Å². The molecule has 9 heteroatoms. The SMILES string of the molecule is Cc1ccnn1-c1cc(C(O)O)nc(-c2cccc(C#CC3(O)CCN(C)C3=O)c2)n1. The predicted molar refractivity (Wildman–Crippen MR) is 111 cm³/mol. The van der Waals surface area contributed by atoms with Gasteiger partial charge in [-0.3, -0.25) is 4.79 Å². The lowest BCUT2D eigenvalue weighted by atomic mass is 10.0. The lowest BCUT2D eigenvalue weighted by molar-refractivity contribution is -0.137. The monoisotopic (exact) mass is 419 g/mol. The molecule has 1 atom stereocenters. The molecule has 0 aliphatic carbocycles.